The van der Waals surface area contributed by atoms with Gasteiger partial charge in [-0.05, 0) is 0 Å². The first-order valence-electron chi connectivity index (χ1n) is 1.92. The van der Waals surface area contributed by atoms with Crippen LogP contribution in [0.3, 0.4) is 0 Å². The molecule has 1 aliphatic rings. The lowest BCUT2D eigenvalue weighted by Gasteiger charge is -2.07. The van der Waals surface area contributed by atoms with Crippen molar-refractivity contribution in [1.29, 1.82) is 0 Å². The van der Waals surface area contributed by atoms with Crippen molar-refractivity contribution in [2.45, 2.75) is 0 Å². The number of hydrogen-bond acceptors (Lipinski definition) is 4. The maximum absolute atomic E-state index is 10.2. The van der Waals surface area contributed by atoms with E-state index < -0.39 is 5.24 Å². The summed E-state index contributed by atoms with van der Waals surface area (Å²) in [4.78, 5) is 20.4. The van der Waals surface area contributed by atoms with E-state index in [1.165, 1.54) is 0 Å². The molecule has 4 nitrogen and oxygen atoms in total. The van der Waals surface area contributed by atoms with Crippen molar-refractivity contribution in [3.63, 3.8) is 0 Å². The molecular formula is C3H3NO3S. The highest BCUT2D eigenvalue weighted by molar-refractivity contribution is 8.09. The molecule has 0 atom stereocenters. The molecule has 0 aromatic heterocycles. The van der Waals surface area contributed by atoms with E-state index in [1.54, 1.807) is 0 Å². The molecule has 5 heteroatoms. The van der Waals surface area contributed by atoms with Gasteiger partial charge in [-0.2, -0.15) is 0 Å². The third-order valence-corrected chi connectivity index (χ3v) is 1.06. The predicted molar refractivity (Wildman–Crippen MR) is 27.1 cm³/mol. The summed E-state index contributed by atoms with van der Waals surface area (Å²) in [5, 5.41) is 1.60. The molecule has 1 saturated heterocycles. The van der Waals surface area contributed by atoms with Crippen LogP contribution < -0.4 is 5.32 Å². The van der Waals surface area contributed by atoms with Crippen LogP contribution in [0.4, 0.5) is 4.79 Å². The summed E-state index contributed by atoms with van der Waals surface area (Å²) in [5.74, 6) is -0.381. The molecule has 0 unspecified atom stereocenters. The van der Waals surface area contributed by atoms with Crippen molar-refractivity contribution in [3.8, 4) is 0 Å². The van der Waals surface area contributed by atoms with Gasteiger partial charge >= 0.3 is 5.24 Å². The van der Waals surface area contributed by atoms with Crippen molar-refractivity contribution < 1.29 is 13.8 Å². The summed E-state index contributed by atoms with van der Waals surface area (Å²) in [7, 11) is 0. The van der Waals surface area contributed by atoms with Crippen molar-refractivity contribution in [2.75, 3.05) is 6.61 Å². The highest BCUT2D eigenvalue weighted by Crippen LogP contribution is 2.06. The lowest BCUT2D eigenvalue weighted by atomic mass is 10.7. The molecule has 1 N–H and O–H groups in total. The minimum absolute atomic E-state index is 0.0313. The fourth-order valence-corrected chi connectivity index (χ4v) is 0.736. The zero-order chi connectivity index (χ0) is 5.98. The zero-order valence-electron chi connectivity index (χ0n) is 3.84. The highest BCUT2D eigenvalue weighted by Gasteiger charge is 2.15. The Bertz CT molecular complexity index is 120. The Hall–Kier alpha value is -0.550. The summed E-state index contributed by atoms with van der Waals surface area (Å²) in [6.07, 6.45) is 0. The Morgan fingerprint density at radius 1 is 1.62 bits per heavy atom. The molecular weight excluding hydrogens is 130 g/mol. The molecule has 8 heavy (non-hydrogen) atoms. The van der Waals surface area contributed by atoms with Crippen LogP contribution >= 0.6 is 12.0 Å². The van der Waals surface area contributed by atoms with Gasteiger partial charge in [0.25, 0.3) is 5.91 Å². The zero-order valence-corrected chi connectivity index (χ0v) is 4.66. The van der Waals surface area contributed by atoms with Crippen molar-refractivity contribution in [1.82, 2.24) is 5.32 Å². The second-order valence-corrected chi connectivity index (χ2v) is 1.95. The summed E-state index contributed by atoms with van der Waals surface area (Å²) in [5.41, 5.74) is 0. The molecule has 0 radical (unpaired) electrons. The molecule has 2 amide bonds. The lowest BCUT2D eigenvalue weighted by molar-refractivity contribution is -0.121. The summed E-state index contributed by atoms with van der Waals surface area (Å²) < 4.78 is 4.45. The molecule has 0 aliphatic carbocycles. The molecule has 0 aromatic carbocycles. The van der Waals surface area contributed by atoms with Gasteiger partial charge in [0.05, 0.1) is 12.0 Å². The van der Waals surface area contributed by atoms with Gasteiger partial charge in [0.2, 0.25) is 0 Å². The van der Waals surface area contributed by atoms with Gasteiger partial charge in [0, 0.05) is 0 Å². The van der Waals surface area contributed by atoms with Crippen LogP contribution in [0.5, 0.6) is 0 Å². The van der Waals surface area contributed by atoms with Gasteiger partial charge in [0.1, 0.15) is 6.61 Å². The first-order valence-corrected chi connectivity index (χ1v) is 2.66. The quantitative estimate of drug-likeness (QED) is 0.469. The number of carbonyl (C=O) groups is 2. The molecule has 1 rings (SSSR count). The average Bonchev–Trinajstić information content (AvgIpc) is 1.64. The van der Waals surface area contributed by atoms with Crippen LogP contribution in [0.15, 0.2) is 0 Å². The van der Waals surface area contributed by atoms with Crippen molar-refractivity contribution in [3.05, 3.63) is 0 Å². The second-order valence-electron chi connectivity index (χ2n) is 1.18. The second kappa shape index (κ2) is 2.15. The fraction of sp³-hybridized carbons (Fsp3) is 0.333. The van der Waals surface area contributed by atoms with E-state index in [4.69, 9.17) is 0 Å². The van der Waals surface area contributed by atoms with Crippen LogP contribution in [0.2, 0.25) is 0 Å². The van der Waals surface area contributed by atoms with E-state index in [1.807, 2.05) is 5.32 Å². The van der Waals surface area contributed by atoms with E-state index in [0.717, 1.165) is 0 Å². The molecule has 44 valence electrons. The maximum atomic E-state index is 10.2. The van der Waals surface area contributed by atoms with E-state index in [2.05, 4.69) is 4.18 Å². The van der Waals surface area contributed by atoms with Gasteiger partial charge in [-0.15, -0.1) is 0 Å². The normalized spacial score (nSPS) is 20.5. The molecule has 0 bridgehead atoms. The van der Waals surface area contributed by atoms with E-state index in [0.29, 0.717) is 12.0 Å². The Kier molecular flexibility index (Phi) is 1.50. The van der Waals surface area contributed by atoms with E-state index in [9.17, 15) is 9.59 Å². The first kappa shape index (κ1) is 5.58. The molecule has 0 aromatic rings. The topological polar surface area (TPSA) is 55.4 Å². The lowest BCUT2D eigenvalue weighted by Crippen LogP contribution is -2.34. The molecule has 1 aliphatic heterocycles. The van der Waals surface area contributed by atoms with Gasteiger partial charge < -0.3 is 0 Å². The fourth-order valence-electron chi connectivity index (χ4n) is 0.307. The van der Waals surface area contributed by atoms with E-state index >= 15 is 0 Å². The minimum Gasteiger partial charge on any atom is -0.297 e. The van der Waals surface area contributed by atoms with Gasteiger partial charge in [-0.25, -0.2) is 0 Å². The largest absolute Gasteiger partial charge is 0.312 e. The Balaban J connectivity index is 2.45. The molecule has 1 heterocycles. The van der Waals surface area contributed by atoms with Crippen LogP contribution in [-0.2, 0) is 8.98 Å². The minimum atomic E-state index is -0.443. The Morgan fingerprint density at radius 2 is 2.38 bits per heavy atom. The maximum Gasteiger partial charge on any atom is 0.312 e. The van der Waals surface area contributed by atoms with Crippen LogP contribution in [0, 0.1) is 0 Å². The monoisotopic (exact) mass is 133 g/mol. The van der Waals surface area contributed by atoms with Crippen LogP contribution in [0.1, 0.15) is 0 Å². The van der Waals surface area contributed by atoms with Gasteiger partial charge in [-0.3, -0.25) is 19.1 Å². The van der Waals surface area contributed by atoms with Gasteiger partial charge in [0.15, 0.2) is 0 Å². The van der Waals surface area contributed by atoms with Crippen molar-refractivity contribution >= 4 is 23.2 Å². The predicted octanol–water partition coefficient (Wildman–Crippen LogP) is -0.0990. The highest BCUT2D eigenvalue weighted by atomic mass is 32.2. The Morgan fingerprint density at radius 3 is 2.75 bits per heavy atom. The summed E-state index contributed by atoms with van der Waals surface area (Å²) in [6, 6.07) is 0. The number of rotatable bonds is 0. The molecule has 1 fully saturated rings. The number of nitrogens with one attached hydrogen (secondary N) is 1. The summed E-state index contributed by atoms with van der Waals surface area (Å²) in [6.45, 7) is -0.0313. The summed E-state index contributed by atoms with van der Waals surface area (Å²) >= 11 is 0.651. The molecule has 0 spiro atoms. The van der Waals surface area contributed by atoms with Crippen molar-refractivity contribution in [2.24, 2.45) is 0 Å². The Labute approximate surface area is 49.8 Å². The molecule has 0 saturated carbocycles. The first-order chi connectivity index (χ1) is 3.79. The smallest absolute Gasteiger partial charge is 0.297 e. The van der Waals surface area contributed by atoms with Crippen LogP contribution in [-0.4, -0.2) is 17.8 Å². The SMILES string of the molecule is O=C1COSC(=O)N1. The number of amides is 2. The average molecular weight is 133 g/mol. The number of hydrogen-bond donors (Lipinski definition) is 1. The van der Waals surface area contributed by atoms with Crippen LogP contribution in [0.25, 0.3) is 0 Å². The number of carbonyl (C=O) groups excluding carboxylic acids is 2. The standard InChI is InChI=1S/C3H3NO3S/c5-2-1-7-8-3(6)4-2/h1H2,(H,4,5,6). The van der Waals surface area contributed by atoms with E-state index in [-0.39, 0.29) is 12.5 Å². The third kappa shape index (κ3) is 1.21. The number of imide groups is 1. The van der Waals surface area contributed by atoms with Gasteiger partial charge in [-0.1, -0.05) is 0 Å². The third-order valence-electron chi connectivity index (χ3n) is 0.566.